The van der Waals surface area contributed by atoms with Crippen molar-refractivity contribution >= 4 is 5.91 Å². The molecule has 0 aliphatic carbocycles. The van der Waals surface area contributed by atoms with Crippen molar-refractivity contribution < 1.29 is 4.79 Å². The number of carbonyl (C=O) groups is 1. The van der Waals surface area contributed by atoms with Gasteiger partial charge in [-0.1, -0.05) is 0 Å². The first kappa shape index (κ1) is 10.3. The lowest BCUT2D eigenvalue weighted by molar-refractivity contribution is -0.122. The van der Waals surface area contributed by atoms with Gasteiger partial charge < -0.3 is 5.32 Å². The monoisotopic (exact) mass is 192 g/mol. The van der Waals surface area contributed by atoms with E-state index < -0.39 is 5.92 Å². The minimum atomic E-state index is -0.590. The first-order valence-electron chi connectivity index (χ1n) is 4.39. The molecule has 1 unspecified atom stereocenters. The van der Waals surface area contributed by atoms with Crippen LogP contribution in [0.3, 0.4) is 0 Å². The SMILES string of the molecule is CC(C#N)C(=O)NCCn1cccn1. The molecular weight excluding hydrogens is 180 g/mol. The van der Waals surface area contributed by atoms with Gasteiger partial charge in [-0.3, -0.25) is 9.48 Å². The predicted octanol–water partition coefficient (Wildman–Crippen LogP) is 0.159. The van der Waals surface area contributed by atoms with Gasteiger partial charge in [-0.15, -0.1) is 0 Å². The molecule has 0 aliphatic rings. The summed E-state index contributed by atoms with van der Waals surface area (Å²) in [5.74, 6) is -0.827. The van der Waals surface area contributed by atoms with Crippen LogP contribution in [0.2, 0.25) is 0 Å². The maximum Gasteiger partial charge on any atom is 0.237 e. The highest BCUT2D eigenvalue weighted by Gasteiger charge is 2.09. The fourth-order valence-corrected chi connectivity index (χ4v) is 0.938. The Morgan fingerprint density at radius 3 is 3.14 bits per heavy atom. The summed E-state index contributed by atoms with van der Waals surface area (Å²) in [6, 6.07) is 3.69. The quantitative estimate of drug-likeness (QED) is 0.738. The number of nitrogens with zero attached hydrogens (tertiary/aromatic N) is 3. The molecule has 74 valence electrons. The Morgan fingerprint density at radius 1 is 1.79 bits per heavy atom. The molecule has 1 heterocycles. The Morgan fingerprint density at radius 2 is 2.57 bits per heavy atom. The van der Waals surface area contributed by atoms with E-state index >= 15 is 0 Å². The number of nitrogens with one attached hydrogen (secondary N) is 1. The van der Waals surface area contributed by atoms with Gasteiger partial charge in [0.2, 0.25) is 5.91 Å². The lowest BCUT2D eigenvalue weighted by Gasteiger charge is -2.05. The molecular formula is C9H12N4O. The van der Waals surface area contributed by atoms with Crippen LogP contribution in [0.15, 0.2) is 18.5 Å². The van der Waals surface area contributed by atoms with E-state index in [9.17, 15) is 4.79 Å². The number of aromatic nitrogens is 2. The van der Waals surface area contributed by atoms with Crippen molar-refractivity contribution in [3.63, 3.8) is 0 Å². The Kier molecular flexibility index (Phi) is 3.68. The topological polar surface area (TPSA) is 70.7 Å². The van der Waals surface area contributed by atoms with E-state index in [1.807, 2.05) is 18.3 Å². The Labute approximate surface area is 82.3 Å². The van der Waals surface area contributed by atoms with Gasteiger partial charge in [-0.05, 0) is 13.0 Å². The molecule has 1 N–H and O–H groups in total. The normalized spacial score (nSPS) is 11.7. The second kappa shape index (κ2) is 5.02. The first-order chi connectivity index (χ1) is 6.74. The van der Waals surface area contributed by atoms with Crippen LogP contribution < -0.4 is 5.32 Å². The van der Waals surface area contributed by atoms with Crippen molar-refractivity contribution in [1.82, 2.24) is 15.1 Å². The van der Waals surface area contributed by atoms with E-state index in [-0.39, 0.29) is 5.91 Å². The number of rotatable bonds is 4. The smallest absolute Gasteiger partial charge is 0.237 e. The van der Waals surface area contributed by atoms with Crippen LogP contribution in [-0.4, -0.2) is 22.2 Å². The van der Waals surface area contributed by atoms with Crippen LogP contribution in [0.5, 0.6) is 0 Å². The van der Waals surface area contributed by atoms with Gasteiger partial charge in [-0.2, -0.15) is 10.4 Å². The van der Waals surface area contributed by atoms with Crippen LogP contribution in [-0.2, 0) is 11.3 Å². The number of amides is 1. The molecule has 1 rings (SSSR count). The minimum absolute atomic E-state index is 0.236. The summed E-state index contributed by atoms with van der Waals surface area (Å²) < 4.78 is 1.72. The van der Waals surface area contributed by atoms with Crippen LogP contribution in [0, 0.1) is 17.2 Å². The van der Waals surface area contributed by atoms with Gasteiger partial charge in [0.05, 0.1) is 12.6 Å². The van der Waals surface area contributed by atoms with Crippen LogP contribution in [0.25, 0.3) is 0 Å². The predicted molar refractivity (Wildman–Crippen MR) is 50.0 cm³/mol. The number of hydrogen-bond donors (Lipinski definition) is 1. The van der Waals surface area contributed by atoms with Crippen molar-refractivity contribution in [1.29, 1.82) is 5.26 Å². The largest absolute Gasteiger partial charge is 0.353 e. The molecule has 1 aromatic rings. The molecule has 14 heavy (non-hydrogen) atoms. The molecule has 1 aromatic heterocycles. The summed E-state index contributed by atoms with van der Waals surface area (Å²) in [7, 11) is 0. The third-order valence-corrected chi connectivity index (χ3v) is 1.79. The molecule has 0 aromatic carbocycles. The zero-order valence-corrected chi connectivity index (χ0v) is 7.97. The van der Waals surface area contributed by atoms with E-state index in [2.05, 4.69) is 10.4 Å². The van der Waals surface area contributed by atoms with Crippen LogP contribution >= 0.6 is 0 Å². The van der Waals surface area contributed by atoms with E-state index in [0.717, 1.165) is 0 Å². The third kappa shape index (κ3) is 2.90. The summed E-state index contributed by atoms with van der Waals surface area (Å²) in [4.78, 5) is 11.1. The van der Waals surface area contributed by atoms with Crippen molar-refractivity contribution in [3.8, 4) is 6.07 Å². The number of hydrogen-bond acceptors (Lipinski definition) is 3. The molecule has 0 saturated heterocycles. The first-order valence-corrected chi connectivity index (χ1v) is 4.39. The van der Waals surface area contributed by atoms with E-state index in [0.29, 0.717) is 13.1 Å². The third-order valence-electron chi connectivity index (χ3n) is 1.79. The van der Waals surface area contributed by atoms with Gasteiger partial charge in [0.25, 0.3) is 0 Å². The van der Waals surface area contributed by atoms with Crippen molar-refractivity contribution in [2.24, 2.45) is 5.92 Å². The highest BCUT2D eigenvalue weighted by molar-refractivity contribution is 5.80. The number of nitriles is 1. The summed E-state index contributed by atoms with van der Waals surface area (Å²) in [5, 5.41) is 15.1. The Hall–Kier alpha value is -1.83. The molecule has 0 radical (unpaired) electrons. The maximum atomic E-state index is 11.1. The average Bonchev–Trinajstić information content (AvgIpc) is 2.69. The summed E-state index contributed by atoms with van der Waals surface area (Å²) in [6.07, 6.45) is 3.50. The molecule has 0 aliphatic heterocycles. The van der Waals surface area contributed by atoms with Crippen LogP contribution in [0.1, 0.15) is 6.92 Å². The van der Waals surface area contributed by atoms with E-state index in [1.165, 1.54) is 0 Å². The van der Waals surface area contributed by atoms with E-state index in [1.54, 1.807) is 17.8 Å². The minimum Gasteiger partial charge on any atom is -0.353 e. The van der Waals surface area contributed by atoms with Gasteiger partial charge >= 0.3 is 0 Å². The second-order valence-corrected chi connectivity index (χ2v) is 2.91. The number of carbonyl (C=O) groups excluding carboxylic acids is 1. The molecule has 0 saturated carbocycles. The standard InChI is InChI=1S/C9H12N4O/c1-8(7-10)9(14)11-4-6-13-5-2-3-12-13/h2-3,5,8H,4,6H2,1H3,(H,11,14). The van der Waals surface area contributed by atoms with Gasteiger partial charge in [-0.25, -0.2) is 0 Å². The molecule has 1 atom stereocenters. The highest BCUT2D eigenvalue weighted by Crippen LogP contribution is 1.90. The van der Waals surface area contributed by atoms with Crippen molar-refractivity contribution in [2.45, 2.75) is 13.5 Å². The molecule has 0 fully saturated rings. The molecule has 5 heteroatoms. The summed E-state index contributed by atoms with van der Waals surface area (Å²) in [6.45, 7) is 2.69. The molecule has 0 bridgehead atoms. The fraction of sp³-hybridized carbons (Fsp3) is 0.444. The zero-order chi connectivity index (χ0) is 10.4. The molecule has 0 spiro atoms. The van der Waals surface area contributed by atoms with Gasteiger partial charge in [0.15, 0.2) is 0 Å². The summed E-state index contributed by atoms with van der Waals surface area (Å²) >= 11 is 0. The summed E-state index contributed by atoms with van der Waals surface area (Å²) in [5.41, 5.74) is 0. The van der Waals surface area contributed by atoms with Gasteiger partial charge in [0.1, 0.15) is 5.92 Å². The van der Waals surface area contributed by atoms with Crippen molar-refractivity contribution in [2.75, 3.05) is 6.54 Å². The Balaban J connectivity index is 2.23. The van der Waals surface area contributed by atoms with Gasteiger partial charge in [0, 0.05) is 18.9 Å². The lowest BCUT2D eigenvalue weighted by Crippen LogP contribution is -2.31. The van der Waals surface area contributed by atoms with Crippen molar-refractivity contribution in [3.05, 3.63) is 18.5 Å². The second-order valence-electron chi connectivity index (χ2n) is 2.91. The van der Waals surface area contributed by atoms with Crippen LogP contribution in [0.4, 0.5) is 0 Å². The zero-order valence-electron chi connectivity index (χ0n) is 7.97. The maximum absolute atomic E-state index is 11.1. The highest BCUT2D eigenvalue weighted by atomic mass is 16.1. The fourth-order valence-electron chi connectivity index (χ4n) is 0.938. The average molecular weight is 192 g/mol. The molecule has 5 nitrogen and oxygen atoms in total. The van der Waals surface area contributed by atoms with E-state index in [4.69, 9.17) is 5.26 Å². The Bertz CT molecular complexity index is 325. The lowest BCUT2D eigenvalue weighted by atomic mass is 10.2. The molecule has 1 amide bonds.